The highest BCUT2D eigenvalue weighted by Crippen LogP contribution is 2.26. The number of hydrogen-bond donors (Lipinski definition) is 6. The Bertz CT molecular complexity index is 201. The molecule has 0 saturated carbocycles. The molecule has 6 N–H and O–H groups in total. The third-order valence-electron chi connectivity index (χ3n) is 0.471. The zero-order chi connectivity index (χ0) is 13.3. The fourth-order valence-corrected chi connectivity index (χ4v) is 0. The fraction of sp³-hybridized carbons (Fsp3) is 0.600. The summed E-state index contributed by atoms with van der Waals surface area (Å²) in [7, 11) is -9.28. The van der Waals surface area contributed by atoms with E-state index in [0.29, 0.717) is 5.92 Å². The second-order valence-corrected chi connectivity index (χ2v) is 4.56. The Morgan fingerprint density at radius 3 is 1.00 bits per heavy atom. The maximum absolute atomic E-state index is 8.88. The lowest BCUT2D eigenvalue weighted by Crippen LogP contribution is -1.71. The Morgan fingerprint density at radius 1 is 0.933 bits per heavy atom. The van der Waals surface area contributed by atoms with Crippen molar-refractivity contribution >= 4 is 15.6 Å². The lowest BCUT2D eigenvalue weighted by molar-refractivity contribution is 0.272. The van der Waals surface area contributed by atoms with E-state index in [9.17, 15) is 0 Å². The van der Waals surface area contributed by atoms with Crippen molar-refractivity contribution in [3.8, 4) is 0 Å². The van der Waals surface area contributed by atoms with Crippen LogP contribution in [0.5, 0.6) is 0 Å². The molecule has 0 unspecified atom stereocenters. The van der Waals surface area contributed by atoms with Gasteiger partial charge >= 0.3 is 15.6 Å². The molecule has 0 aromatic rings. The summed E-state index contributed by atoms with van der Waals surface area (Å²) in [5.74, 6) is 0.648. The Balaban J connectivity index is -0.000000144. The van der Waals surface area contributed by atoms with Gasteiger partial charge in [0.25, 0.3) is 0 Å². The Hall–Kier alpha value is -0.0400. The van der Waals surface area contributed by atoms with E-state index in [0.717, 1.165) is 0 Å². The maximum Gasteiger partial charge on any atom is 0.466 e. The first kappa shape index (κ1) is 20.4. The summed E-state index contributed by atoms with van der Waals surface area (Å²) in [6.45, 7) is 7.77. The molecule has 0 heterocycles. The van der Waals surface area contributed by atoms with E-state index in [-0.39, 0.29) is 0 Å². The van der Waals surface area contributed by atoms with Crippen molar-refractivity contribution < 1.29 is 38.5 Å². The van der Waals surface area contributed by atoms with Gasteiger partial charge in [-0.25, -0.2) is 9.13 Å². The molecule has 0 aromatic carbocycles. The first-order valence-electron chi connectivity index (χ1n) is 3.46. The van der Waals surface area contributed by atoms with Crippen LogP contribution in [-0.2, 0) is 9.13 Å². The number of hydrogen-bond acceptors (Lipinski definition) is 2. The lowest BCUT2D eigenvalue weighted by atomic mass is 10.2. The molecule has 0 atom stereocenters. The summed E-state index contributed by atoms with van der Waals surface area (Å²) in [6.07, 6.45) is 1.92. The monoisotopic (exact) mass is 266 g/mol. The number of allylic oxidation sites excluding steroid dienone is 1. The Labute approximate surface area is 87.4 Å². The molecule has 8 nitrogen and oxygen atoms in total. The first-order valence-corrected chi connectivity index (χ1v) is 6.59. The molecule has 0 fully saturated rings. The SMILES string of the molecule is C=CC(C)C.O=P(O)(O)O.O=P(O)(O)O. The molecule has 0 radical (unpaired) electrons. The summed E-state index contributed by atoms with van der Waals surface area (Å²) in [5.41, 5.74) is 0. The van der Waals surface area contributed by atoms with Crippen molar-refractivity contribution in [2.75, 3.05) is 0 Å². The lowest BCUT2D eigenvalue weighted by Gasteiger charge is -1.84. The molecule has 0 aliphatic heterocycles. The van der Waals surface area contributed by atoms with Gasteiger partial charge in [0.15, 0.2) is 0 Å². The van der Waals surface area contributed by atoms with Gasteiger partial charge in [-0.05, 0) is 5.92 Å². The molecule has 0 aliphatic carbocycles. The van der Waals surface area contributed by atoms with Gasteiger partial charge in [0.05, 0.1) is 0 Å². The van der Waals surface area contributed by atoms with Crippen LogP contribution in [0.3, 0.4) is 0 Å². The molecule has 0 bridgehead atoms. The minimum Gasteiger partial charge on any atom is -0.303 e. The van der Waals surface area contributed by atoms with Gasteiger partial charge in [0, 0.05) is 0 Å². The van der Waals surface area contributed by atoms with Crippen LogP contribution in [0.2, 0.25) is 0 Å². The van der Waals surface area contributed by atoms with Crippen molar-refractivity contribution in [2.24, 2.45) is 5.92 Å². The quantitative estimate of drug-likeness (QED) is 0.285. The predicted octanol–water partition coefficient (Wildman–Crippen LogP) is -0.0288. The van der Waals surface area contributed by atoms with Gasteiger partial charge in [-0.15, -0.1) is 6.58 Å². The van der Waals surface area contributed by atoms with Crippen LogP contribution in [0.15, 0.2) is 12.7 Å². The Kier molecular flexibility index (Phi) is 12.5. The van der Waals surface area contributed by atoms with Crippen molar-refractivity contribution in [1.29, 1.82) is 0 Å². The maximum atomic E-state index is 8.88. The van der Waals surface area contributed by atoms with E-state index in [2.05, 4.69) is 20.4 Å². The fourth-order valence-electron chi connectivity index (χ4n) is 0. The topological polar surface area (TPSA) is 156 Å². The van der Waals surface area contributed by atoms with Crippen LogP contribution in [0, 0.1) is 5.92 Å². The molecule has 0 aliphatic rings. The van der Waals surface area contributed by atoms with Gasteiger partial charge in [-0.1, -0.05) is 19.9 Å². The van der Waals surface area contributed by atoms with E-state index in [1.807, 2.05) is 6.08 Å². The van der Waals surface area contributed by atoms with Gasteiger partial charge in [0.2, 0.25) is 0 Å². The summed E-state index contributed by atoms with van der Waals surface area (Å²) < 4.78 is 17.8. The molecule has 94 valence electrons. The molecular weight excluding hydrogens is 250 g/mol. The van der Waals surface area contributed by atoms with Crippen LogP contribution in [-0.4, -0.2) is 29.4 Å². The average Bonchev–Trinajstić information content (AvgIpc) is 1.79. The van der Waals surface area contributed by atoms with Crippen molar-refractivity contribution in [3.63, 3.8) is 0 Å². The summed E-state index contributed by atoms with van der Waals surface area (Å²) >= 11 is 0. The molecule has 0 saturated heterocycles. The van der Waals surface area contributed by atoms with Crippen LogP contribution < -0.4 is 0 Å². The van der Waals surface area contributed by atoms with Crippen LogP contribution >= 0.6 is 15.6 Å². The van der Waals surface area contributed by atoms with Crippen LogP contribution in [0.25, 0.3) is 0 Å². The van der Waals surface area contributed by atoms with Gasteiger partial charge < -0.3 is 29.4 Å². The second kappa shape index (κ2) is 9.21. The third-order valence-corrected chi connectivity index (χ3v) is 0.471. The minimum absolute atomic E-state index is 0.648. The highest BCUT2D eigenvalue weighted by molar-refractivity contribution is 7.45. The zero-order valence-electron chi connectivity index (χ0n) is 8.26. The highest BCUT2D eigenvalue weighted by Gasteiger charge is 2.00. The molecule has 0 aromatic heterocycles. The zero-order valence-corrected chi connectivity index (χ0v) is 10.0. The van der Waals surface area contributed by atoms with Crippen molar-refractivity contribution in [2.45, 2.75) is 13.8 Å². The van der Waals surface area contributed by atoms with E-state index < -0.39 is 15.6 Å². The summed E-state index contributed by atoms with van der Waals surface area (Å²) in [6, 6.07) is 0. The average molecular weight is 266 g/mol. The smallest absolute Gasteiger partial charge is 0.303 e. The van der Waals surface area contributed by atoms with Gasteiger partial charge in [0.1, 0.15) is 0 Å². The van der Waals surface area contributed by atoms with Gasteiger partial charge in [-0.2, -0.15) is 0 Å². The van der Waals surface area contributed by atoms with E-state index in [1.54, 1.807) is 0 Å². The van der Waals surface area contributed by atoms with Crippen LogP contribution in [0.1, 0.15) is 13.8 Å². The molecule has 0 amide bonds. The minimum atomic E-state index is -4.64. The standard InChI is InChI=1S/C5H10.2H3O4P/c1-4-5(2)3;2*1-5(2,3)4/h4-5H,1H2,2-3H3;2*(H3,1,2,3,4). The largest absolute Gasteiger partial charge is 0.466 e. The number of phosphoric acid groups is 2. The van der Waals surface area contributed by atoms with E-state index in [1.165, 1.54) is 0 Å². The molecular formula is C5H16O8P2. The summed E-state index contributed by atoms with van der Waals surface area (Å²) in [5, 5.41) is 0. The molecule has 0 spiro atoms. The molecule has 0 rings (SSSR count). The second-order valence-electron chi connectivity index (χ2n) is 2.51. The van der Waals surface area contributed by atoms with Gasteiger partial charge in [-0.3, -0.25) is 0 Å². The normalized spacial score (nSPS) is 10.7. The number of rotatable bonds is 1. The van der Waals surface area contributed by atoms with Crippen molar-refractivity contribution in [3.05, 3.63) is 12.7 Å². The van der Waals surface area contributed by atoms with Crippen LogP contribution in [0.4, 0.5) is 0 Å². The molecule has 15 heavy (non-hydrogen) atoms. The summed E-state index contributed by atoms with van der Waals surface area (Å²) in [4.78, 5) is 43.1. The first-order chi connectivity index (χ1) is 6.27. The highest BCUT2D eigenvalue weighted by atomic mass is 31.2. The van der Waals surface area contributed by atoms with E-state index >= 15 is 0 Å². The van der Waals surface area contributed by atoms with Crippen molar-refractivity contribution in [1.82, 2.24) is 0 Å². The van der Waals surface area contributed by atoms with E-state index in [4.69, 9.17) is 38.5 Å². The molecule has 10 heteroatoms. The predicted molar refractivity (Wildman–Crippen MR) is 53.6 cm³/mol. The Morgan fingerprint density at radius 2 is 1.00 bits per heavy atom. The third kappa shape index (κ3) is 520.